The van der Waals surface area contributed by atoms with Crippen LogP contribution in [-0.4, -0.2) is 57.3 Å². The highest BCUT2D eigenvalue weighted by Crippen LogP contribution is 2.26. The monoisotopic (exact) mass is 351 g/mol. The van der Waals surface area contributed by atoms with Crippen LogP contribution in [0.2, 0.25) is 0 Å². The summed E-state index contributed by atoms with van der Waals surface area (Å²) in [6.45, 7) is 1.19. The third-order valence-corrected chi connectivity index (χ3v) is 4.62. The quantitative estimate of drug-likeness (QED) is 0.636. The average molecular weight is 351 g/mol. The maximum absolute atomic E-state index is 10.2. The lowest BCUT2D eigenvalue weighted by Crippen LogP contribution is -2.35. The van der Waals surface area contributed by atoms with Gasteiger partial charge in [-0.05, 0) is 18.6 Å². The van der Waals surface area contributed by atoms with Gasteiger partial charge in [-0.25, -0.2) is 15.0 Å². The van der Waals surface area contributed by atoms with Gasteiger partial charge in [-0.2, -0.15) is 0 Å². The summed E-state index contributed by atoms with van der Waals surface area (Å²) >= 11 is 0. The zero-order valence-electron chi connectivity index (χ0n) is 14.5. The van der Waals surface area contributed by atoms with Crippen molar-refractivity contribution >= 4 is 28.4 Å². The van der Waals surface area contributed by atoms with Crippen LogP contribution in [0.25, 0.3) is 10.9 Å². The Morgan fingerprint density at radius 3 is 3.00 bits per heavy atom. The van der Waals surface area contributed by atoms with Crippen molar-refractivity contribution in [1.82, 2.24) is 19.9 Å². The first-order valence-corrected chi connectivity index (χ1v) is 8.62. The van der Waals surface area contributed by atoms with E-state index in [0.29, 0.717) is 19.5 Å². The Morgan fingerprint density at radius 1 is 1.19 bits per heavy atom. The number of aliphatic hydroxyl groups excluding tert-OH is 1. The average Bonchev–Trinajstić information content (AvgIpc) is 3.07. The molecule has 4 rings (SSSR count). The SMILES string of the molecule is CNc1cc(N2C[C@H](O)C[C@@H]2CNc2nccc3cccnc23)ncn1. The van der Waals surface area contributed by atoms with E-state index in [1.54, 1.807) is 12.4 Å². The molecule has 3 aromatic rings. The van der Waals surface area contributed by atoms with E-state index in [1.165, 1.54) is 6.33 Å². The second kappa shape index (κ2) is 7.09. The van der Waals surface area contributed by atoms with Crippen LogP contribution in [0.15, 0.2) is 43.0 Å². The Morgan fingerprint density at radius 2 is 2.12 bits per heavy atom. The first kappa shape index (κ1) is 16.5. The first-order valence-electron chi connectivity index (χ1n) is 8.62. The largest absolute Gasteiger partial charge is 0.391 e. The highest BCUT2D eigenvalue weighted by Gasteiger charge is 2.32. The number of aliphatic hydroxyl groups is 1. The Kier molecular flexibility index (Phi) is 4.49. The Labute approximate surface area is 151 Å². The van der Waals surface area contributed by atoms with Gasteiger partial charge in [-0.1, -0.05) is 6.07 Å². The fourth-order valence-electron chi connectivity index (χ4n) is 3.35. The van der Waals surface area contributed by atoms with Gasteiger partial charge >= 0.3 is 0 Å². The zero-order chi connectivity index (χ0) is 17.9. The van der Waals surface area contributed by atoms with Gasteiger partial charge in [0.25, 0.3) is 0 Å². The van der Waals surface area contributed by atoms with Crippen LogP contribution in [0.1, 0.15) is 6.42 Å². The highest BCUT2D eigenvalue weighted by atomic mass is 16.3. The number of pyridine rings is 2. The maximum Gasteiger partial charge on any atom is 0.152 e. The summed E-state index contributed by atoms with van der Waals surface area (Å²) in [7, 11) is 1.82. The molecule has 0 unspecified atom stereocenters. The first-order chi connectivity index (χ1) is 12.7. The number of aromatic nitrogens is 4. The molecule has 8 heteroatoms. The van der Waals surface area contributed by atoms with E-state index in [0.717, 1.165) is 28.4 Å². The van der Waals surface area contributed by atoms with E-state index in [-0.39, 0.29) is 12.1 Å². The predicted molar refractivity (Wildman–Crippen MR) is 101 cm³/mol. The molecule has 8 nitrogen and oxygen atoms in total. The lowest BCUT2D eigenvalue weighted by atomic mass is 10.2. The number of hydrogen-bond acceptors (Lipinski definition) is 8. The number of β-amino-alcohol motifs (C(OH)–C–C–N with tert-alkyl or cyclic N) is 1. The van der Waals surface area contributed by atoms with Gasteiger partial charge in [0.2, 0.25) is 0 Å². The van der Waals surface area contributed by atoms with Crippen molar-refractivity contribution in [3.05, 3.63) is 43.0 Å². The number of fused-ring (bicyclic) bond motifs is 1. The van der Waals surface area contributed by atoms with Crippen molar-refractivity contribution < 1.29 is 5.11 Å². The van der Waals surface area contributed by atoms with E-state index in [2.05, 4.69) is 35.5 Å². The molecular weight excluding hydrogens is 330 g/mol. The molecule has 2 atom stereocenters. The molecule has 1 saturated heterocycles. The summed E-state index contributed by atoms with van der Waals surface area (Å²) in [6.07, 6.45) is 5.36. The standard InChI is InChI=1S/C18H21N7O/c1-19-15-8-16(24-11-23-15)25-10-14(26)7-13(25)9-22-18-17-12(4-6-21-18)3-2-5-20-17/h2-6,8,11,13-14,26H,7,9-10H2,1H3,(H,21,22)(H,19,23,24)/t13-,14-/m1/s1. The molecule has 0 aromatic carbocycles. The Balaban J connectivity index is 1.54. The third kappa shape index (κ3) is 3.23. The summed E-state index contributed by atoms with van der Waals surface area (Å²) in [5.74, 6) is 2.31. The van der Waals surface area contributed by atoms with Gasteiger partial charge in [0, 0.05) is 44.0 Å². The second-order valence-corrected chi connectivity index (χ2v) is 6.32. The summed E-state index contributed by atoms with van der Waals surface area (Å²) in [5, 5.41) is 17.6. The van der Waals surface area contributed by atoms with Crippen LogP contribution < -0.4 is 15.5 Å². The Bertz CT molecular complexity index is 898. The number of nitrogens with one attached hydrogen (secondary N) is 2. The van der Waals surface area contributed by atoms with Gasteiger partial charge in [0.1, 0.15) is 23.5 Å². The van der Waals surface area contributed by atoms with E-state index in [4.69, 9.17) is 0 Å². The van der Waals surface area contributed by atoms with Crippen molar-refractivity contribution in [2.24, 2.45) is 0 Å². The number of hydrogen-bond donors (Lipinski definition) is 3. The van der Waals surface area contributed by atoms with Crippen molar-refractivity contribution in [3.8, 4) is 0 Å². The fraction of sp³-hybridized carbons (Fsp3) is 0.333. The molecule has 1 aliphatic heterocycles. The molecule has 26 heavy (non-hydrogen) atoms. The van der Waals surface area contributed by atoms with Crippen LogP contribution in [0.4, 0.5) is 17.5 Å². The van der Waals surface area contributed by atoms with E-state index in [9.17, 15) is 5.11 Å². The smallest absolute Gasteiger partial charge is 0.152 e. The molecule has 1 aliphatic rings. The van der Waals surface area contributed by atoms with Crippen LogP contribution >= 0.6 is 0 Å². The minimum absolute atomic E-state index is 0.102. The minimum Gasteiger partial charge on any atom is -0.391 e. The summed E-state index contributed by atoms with van der Waals surface area (Å²) in [4.78, 5) is 19.5. The van der Waals surface area contributed by atoms with Crippen molar-refractivity contribution in [3.63, 3.8) is 0 Å². The molecule has 3 aromatic heterocycles. The van der Waals surface area contributed by atoms with Crippen LogP contribution in [0, 0.1) is 0 Å². The van der Waals surface area contributed by atoms with Crippen LogP contribution in [0.3, 0.4) is 0 Å². The third-order valence-electron chi connectivity index (χ3n) is 4.62. The summed E-state index contributed by atoms with van der Waals surface area (Å²) in [5.41, 5.74) is 0.847. The summed E-state index contributed by atoms with van der Waals surface area (Å²) in [6, 6.07) is 7.86. The highest BCUT2D eigenvalue weighted by molar-refractivity contribution is 5.87. The van der Waals surface area contributed by atoms with Gasteiger partial charge in [-0.15, -0.1) is 0 Å². The molecule has 134 valence electrons. The zero-order valence-corrected chi connectivity index (χ0v) is 14.5. The van der Waals surface area contributed by atoms with Crippen molar-refractivity contribution in [2.75, 3.05) is 35.7 Å². The lowest BCUT2D eigenvalue weighted by Gasteiger charge is -2.26. The van der Waals surface area contributed by atoms with Gasteiger partial charge < -0.3 is 20.6 Å². The predicted octanol–water partition coefficient (Wildman–Crippen LogP) is 1.51. The molecule has 0 radical (unpaired) electrons. The maximum atomic E-state index is 10.2. The van der Waals surface area contributed by atoms with Crippen LogP contribution in [-0.2, 0) is 0 Å². The minimum atomic E-state index is -0.381. The number of nitrogens with zero attached hydrogens (tertiary/aromatic N) is 5. The number of rotatable bonds is 5. The Hall–Kier alpha value is -3.00. The second-order valence-electron chi connectivity index (χ2n) is 6.32. The molecule has 1 fully saturated rings. The summed E-state index contributed by atoms with van der Waals surface area (Å²) < 4.78 is 0. The molecule has 3 N–H and O–H groups in total. The normalized spacial score (nSPS) is 19.7. The molecule has 0 amide bonds. The van der Waals surface area contributed by atoms with E-state index >= 15 is 0 Å². The van der Waals surface area contributed by atoms with E-state index < -0.39 is 0 Å². The van der Waals surface area contributed by atoms with Crippen molar-refractivity contribution in [1.29, 1.82) is 0 Å². The fourth-order valence-corrected chi connectivity index (χ4v) is 3.35. The molecule has 0 bridgehead atoms. The van der Waals surface area contributed by atoms with Gasteiger partial charge in [-0.3, -0.25) is 4.98 Å². The topological polar surface area (TPSA) is 99.1 Å². The molecule has 0 aliphatic carbocycles. The molecular formula is C18H21N7O. The van der Waals surface area contributed by atoms with Crippen LogP contribution in [0.5, 0.6) is 0 Å². The van der Waals surface area contributed by atoms with Gasteiger partial charge in [0.15, 0.2) is 5.82 Å². The van der Waals surface area contributed by atoms with E-state index in [1.807, 2.05) is 31.3 Å². The lowest BCUT2D eigenvalue weighted by molar-refractivity contribution is 0.194. The molecule has 4 heterocycles. The molecule has 0 spiro atoms. The molecule has 0 saturated carbocycles. The number of anilines is 3. The van der Waals surface area contributed by atoms with Gasteiger partial charge in [0.05, 0.1) is 12.1 Å². The van der Waals surface area contributed by atoms with Crippen molar-refractivity contribution in [2.45, 2.75) is 18.6 Å².